The van der Waals surface area contributed by atoms with Gasteiger partial charge in [-0.05, 0) is 24.6 Å². The number of fused-ring (bicyclic) bond motifs is 2. The van der Waals surface area contributed by atoms with Crippen LogP contribution in [0.5, 0.6) is 5.75 Å². The van der Waals surface area contributed by atoms with Crippen molar-refractivity contribution in [2.75, 3.05) is 0 Å². The third kappa shape index (κ3) is 2.38. The molecular formula is C18H14F2N2O5. The second-order valence-corrected chi connectivity index (χ2v) is 6.74. The molecule has 2 aliphatic rings. The number of carbonyl (C=O) groups excluding carboxylic acids is 1. The van der Waals surface area contributed by atoms with Gasteiger partial charge in [0.25, 0.3) is 11.6 Å². The highest BCUT2D eigenvalue weighted by Crippen LogP contribution is 2.52. The van der Waals surface area contributed by atoms with E-state index in [-0.39, 0.29) is 23.5 Å². The van der Waals surface area contributed by atoms with Crippen molar-refractivity contribution in [2.24, 2.45) is 0 Å². The van der Waals surface area contributed by atoms with E-state index in [0.29, 0.717) is 11.1 Å². The van der Waals surface area contributed by atoms with E-state index in [1.54, 1.807) is 24.3 Å². The van der Waals surface area contributed by atoms with Crippen molar-refractivity contribution in [3.8, 4) is 5.75 Å². The molecule has 2 unspecified atom stereocenters. The maximum atomic E-state index is 14.5. The number of nitro groups is 1. The van der Waals surface area contributed by atoms with Gasteiger partial charge in [0, 0.05) is 29.8 Å². The number of alkyl halides is 2. The number of rotatable bonds is 2. The molecule has 27 heavy (non-hydrogen) atoms. The van der Waals surface area contributed by atoms with Crippen LogP contribution in [0.3, 0.4) is 0 Å². The number of nitrogens with zero attached hydrogens (tertiary/aromatic N) is 2. The molecule has 2 aromatic carbocycles. The van der Waals surface area contributed by atoms with Crippen LogP contribution in [0.15, 0.2) is 42.5 Å². The summed E-state index contributed by atoms with van der Waals surface area (Å²) in [5.41, 5.74) is -2.23. The Balaban J connectivity index is 1.89. The molecule has 2 atom stereocenters. The number of aliphatic hydroxyl groups is 1. The first-order valence-electron chi connectivity index (χ1n) is 8.10. The van der Waals surface area contributed by atoms with Crippen LogP contribution in [-0.4, -0.2) is 32.5 Å². The van der Waals surface area contributed by atoms with Gasteiger partial charge >= 0.3 is 6.11 Å². The summed E-state index contributed by atoms with van der Waals surface area (Å²) in [5, 5.41) is 21.8. The zero-order valence-electron chi connectivity index (χ0n) is 14.1. The first kappa shape index (κ1) is 17.3. The molecule has 0 aliphatic carbocycles. The molecule has 1 N–H and O–H groups in total. The van der Waals surface area contributed by atoms with Gasteiger partial charge in [-0.1, -0.05) is 18.2 Å². The van der Waals surface area contributed by atoms with Crippen molar-refractivity contribution >= 4 is 11.6 Å². The van der Waals surface area contributed by atoms with Gasteiger partial charge in [0.2, 0.25) is 0 Å². The minimum Gasteiger partial charge on any atom is -0.430 e. The molecule has 7 nitrogen and oxygen atoms in total. The van der Waals surface area contributed by atoms with Gasteiger partial charge in [0.15, 0.2) is 5.60 Å². The number of amides is 1. The predicted molar refractivity (Wildman–Crippen MR) is 88.4 cm³/mol. The van der Waals surface area contributed by atoms with Crippen LogP contribution in [0.2, 0.25) is 0 Å². The molecule has 0 saturated carbocycles. The fourth-order valence-corrected chi connectivity index (χ4v) is 3.62. The third-order valence-corrected chi connectivity index (χ3v) is 5.02. The van der Waals surface area contributed by atoms with E-state index in [2.05, 4.69) is 4.74 Å². The molecule has 0 bridgehead atoms. The second kappa shape index (κ2) is 5.46. The SMILES string of the molecule is CC1(O)C(N2Cc3ccccc3C2=O)c2cc([N+](=O)[O-])ccc2OC1(F)F. The van der Waals surface area contributed by atoms with Crippen LogP contribution in [0.1, 0.15) is 34.5 Å². The zero-order valence-corrected chi connectivity index (χ0v) is 14.1. The van der Waals surface area contributed by atoms with Crippen LogP contribution < -0.4 is 4.74 Å². The minimum atomic E-state index is -4.00. The van der Waals surface area contributed by atoms with E-state index in [1.807, 2.05) is 0 Å². The molecule has 4 rings (SSSR count). The molecule has 0 fully saturated rings. The smallest absolute Gasteiger partial charge is 0.429 e. The van der Waals surface area contributed by atoms with Crippen LogP contribution in [0.4, 0.5) is 14.5 Å². The Morgan fingerprint density at radius 2 is 2.00 bits per heavy atom. The Kier molecular flexibility index (Phi) is 3.51. The fraction of sp³-hybridized carbons (Fsp3) is 0.278. The quantitative estimate of drug-likeness (QED) is 0.642. The summed E-state index contributed by atoms with van der Waals surface area (Å²) in [7, 11) is 0. The number of hydrogen-bond donors (Lipinski definition) is 1. The monoisotopic (exact) mass is 376 g/mol. The van der Waals surface area contributed by atoms with Crippen LogP contribution in [0.25, 0.3) is 0 Å². The van der Waals surface area contributed by atoms with E-state index in [9.17, 15) is 28.8 Å². The van der Waals surface area contributed by atoms with E-state index < -0.39 is 28.6 Å². The highest BCUT2D eigenvalue weighted by atomic mass is 19.3. The number of halogens is 2. The van der Waals surface area contributed by atoms with E-state index in [1.165, 1.54) is 0 Å². The van der Waals surface area contributed by atoms with Gasteiger partial charge in [0.05, 0.1) is 11.0 Å². The van der Waals surface area contributed by atoms with Gasteiger partial charge in [-0.3, -0.25) is 14.9 Å². The van der Waals surface area contributed by atoms with Gasteiger partial charge in [-0.25, -0.2) is 0 Å². The first-order chi connectivity index (χ1) is 12.6. The van der Waals surface area contributed by atoms with Crippen molar-refractivity contribution < 1.29 is 28.3 Å². The Bertz CT molecular complexity index is 976. The highest BCUT2D eigenvalue weighted by Gasteiger charge is 2.63. The van der Waals surface area contributed by atoms with Gasteiger partial charge < -0.3 is 14.7 Å². The number of nitro benzene ring substituents is 1. The van der Waals surface area contributed by atoms with Crippen LogP contribution in [-0.2, 0) is 6.54 Å². The Morgan fingerprint density at radius 1 is 1.30 bits per heavy atom. The third-order valence-electron chi connectivity index (χ3n) is 5.02. The molecular weight excluding hydrogens is 362 g/mol. The number of carbonyl (C=O) groups is 1. The summed E-state index contributed by atoms with van der Waals surface area (Å²) < 4.78 is 33.7. The van der Waals surface area contributed by atoms with E-state index >= 15 is 0 Å². The Labute approximate surface area is 151 Å². The summed E-state index contributed by atoms with van der Waals surface area (Å²) in [5.74, 6) is -0.850. The Hall–Kier alpha value is -3.07. The number of non-ortho nitro benzene ring substituents is 1. The second-order valence-electron chi connectivity index (χ2n) is 6.74. The molecule has 1 amide bonds. The molecule has 0 spiro atoms. The molecule has 0 aromatic heterocycles. The number of benzene rings is 2. The molecule has 9 heteroatoms. The molecule has 2 aromatic rings. The summed E-state index contributed by atoms with van der Waals surface area (Å²) in [6, 6.07) is 8.23. The average molecular weight is 376 g/mol. The van der Waals surface area contributed by atoms with Crippen molar-refractivity contribution in [2.45, 2.75) is 31.2 Å². The Morgan fingerprint density at radius 3 is 2.67 bits per heavy atom. The predicted octanol–water partition coefficient (Wildman–Crippen LogP) is 3.03. The largest absolute Gasteiger partial charge is 0.430 e. The molecule has 0 saturated heterocycles. The normalized spacial score (nSPS) is 25.6. The van der Waals surface area contributed by atoms with Crippen LogP contribution in [0, 0.1) is 10.1 Å². The van der Waals surface area contributed by atoms with Crippen molar-refractivity contribution in [3.05, 3.63) is 69.3 Å². The van der Waals surface area contributed by atoms with Crippen molar-refractivity contribution in [3.63, 3.8) is 0 Å². The maximum Gasteiger partial charge on any atom is 0.429 e. The zero-order chi connectivity index (χ0) is 19.6. The molecule has 140 valence electrons. The summed E-state index contributed by atoms with van der Waals surface area (Å²) in [4.78, 5) is 24.4. The molecule has 2 aliphatic heterocycles. The summed E-state index contributed by atoms with van der Waals surface area (Å²) in [6.07, 6.45) is -4.00. The lowest BCUT2D eigenvalue weighted by molar-refractivity contribution is -0.385. The van der Waals surface area contributed by atoms with Crippen molar-refractivity contribution in [1.29, 1.82) is 0 Å². The summed E-state index contributed by atoms with van der Waals surface area (Å²) >= 11 is 0. The highest BCUT2D eigenvalue weighted by molar-refractivity contribution is 5.98. The van der Waals surface area contributed by atoms with E-state index in [4.69, 9.17) is 0 Å². The molecule has 0 radical (unpaired) electrons. The summed E-state index contributed by atoms with van der Waals surface area (Å²) in [6.45, 7) is 0.851. The lowest BCUT2D eigenvalue weighted by Crippen LogP contribution is -2.60. The van der Waals surface area contributed by atoms with Gasteiger partial charge in [0.1, 0.15) is 5.75 Å². The minimum absolute atomic E-state index is 0.00592. The van der Waals surface area contributed by atoms with Gasteiger partial charge in [-0.15, -0.1) is 0 Å². The maximum absolute atomic E-state index is 14.5. The van der Waals surface area contributed by atoms with E-state index in [0.717, 1.165) is 30.0 Å². The standard InChI is InChI=1S/C18H14F2N2O5/c1-17(24)15(21-9-10-4-2-3-5-12(10)16(21)23)13-8-11(22(25)26)6-7-14(13)27-18(17,19)20/h2-8,15,24H,9H2,1H3. The lowest BCUT2D eigenvalue weighted by atomic mass is 9.84. The number of hydrogen-bond acceptors (Lipinski definition) is 5. The van der Waals surface area contributed by atoms with Crippen LogP contribution >= 0.6 is 0 Å². The van der Waals surface area contributed by atoms with Gasteiger partial charge in [-0.2, -0.15) is 8.78 Å². The topological polar surface area (TPSA) is 92.9 Å². The average Bonchev–Trinajstić information content (AvgIpc) is 2.92. The van der Waals surface area contributed by atoms with Crippen molar-refractivity contribution in [1.82, 2.24) is 4.90 Å². The lowest BCUT2D eigenvalue weighted by Gasteiger charge is -2.46. The molecule has 2 heterocycles. The fourth-order valence-electron chi connectivity index (χ4n) is 3.62. The first-order valence-corrected chi connectivity index (χ1v) is 8.10. The number of ether oxygens (including phenoxy) is 1.